The number of nitrogens with one attached hydrogen (secondary N) is 2. The van der Waals surface area contributed by atoms with Crippen molar-refractivity contribution in [3.63, 3.8) is 0 Å². The number of carbonyl (C=O) groups is 2. The fraction of sp³-hybridized carbons (Fsp3) is 0.833. The van der Waals surface area contributed by atoms with Crippen molar-refractivity contribution >= 4 is 12.2 Å². The fourth-order valence-electron chi connectivity index (χ4n) is 1.59. The molecule has 106 valence electrons. The van der Waals surface area contributed by atoms with Gasteiger partial charge in [0.1, 0.15) is 0 Å². The van der Waals surface area contributed by atoms with Gasteiger partial charge in [-0.3, -0.25) is 0 Å². The second-order valence-corrected chi connectivity index (χ2v) is 4.13. The molecule has 0 radical (unpaired) electrons. The smallest absolute Gasteiger partial charge is 0.406 e. The minimum Gasteiger partial charge on any atom is -0.465 e. The maximum absolute atomic E-state index is 10.7. The fourth-order valence-corrected chi connectivity index (χ4v) is 1.59. The lowest BCUT2D eigenvalue weighted by Crippen LogP contribution is -2.23. The molecule has 3 N–H and O–H groups in total. The molecule has 18 heavy (non-hydrogen) atoms. The molecule has 0 atom stereocenters. The average molecular weight is 260 g/mol. The van der Waals surface area contributed by atoms with Gasteiger partial charge in [-0.1, -0.05) is 32.1 Å². The molecular formula is C12H24N2O4. The standard InChI is InChI=1S/C12H24N2O4/c1-18-12(17)14-10-8-6-4-2-3-5-7-9-13-11(15)16/h13H,2-10H2,1H3,(H,14,17)(H,15,16). The summed E-state index contributed by atoms with van der Waals surface area (Å²) in [6.45, 7) is 1.20. The van der Waals surface area contributed by atoms with Crippen LogP contribution in [0, 0.1) is 0 Å². The van der Waals surface area contributed by atoms with E-state index in [1.54, 1.807) is 0 Å². The number of methoxy groups -OCH3 is 1. The Morgan fingerprint density at radius 2 is 1.33 bits per heavy atom. The molecule has 0 aromatic carbocycles. The molecule has 6 nitrogen and oxygen atoms in total. The Kier molecular flexibility index (Phi) is 11.0. The number of carboxylic acid groups (broad SMARTS) is 1. The van der Waals surface area contributed by atoms with E-state index in [1.807, 2.05) is 0 Å². The molecule has 0 spiro atoms. The normalized spacial score (nSPS) is 9.83. The van der Waals surface area contributed by atoms with E-state index in [0.717, 1.165) is 44.9 Å². The van der Waals surface area contributed by atoms with Crippen molar-refractivity contribution in [2.45, 2.75) is 44.9 Å². The lowest BCUT2D eigenvalue weighted by molar-refractivity contribution is 0.171. The van der Waals surface area contributed by atoms with Gasteiger partial charge in [-0.05, 0) is 12.8 Å². The molecule has 0 aliphatic heterocycles. The molecule has 0 fully saturated rings. The first-order chi connectivity index (χ1) is 8.66. The van der Waals surface area contributed by atoms with E-state index in [4.69, 9.17) is 5.11 Å². The number of ether oxygens (including phenoxy) is 1. The van der Waals surface area contributed by atoms with Gasteiger partial charge in [-0.25, -0.2) is 9.59 Å². The van der Waals surface area contributed by atoms with Crippen LogP contribution in [0.4, 0.5) is 9.59 Å². The van der Waals surface area contributed by atoms with E-state index in [1.165, 1.54) is 7.11 Å². The lowest BCUT2D eigenvalue weighted by Gasteiger charge is -2.04. The third-order valence-corrected chi connectivity index (χ3v) is 2.58. The van der Waals surface area contributed by atoms with Gasteiger partial charge in [-0.2, -0.15) is 0 Å². The SMILES string of the molecule is COC(=O)NCCCCCCCCCNC(=O)O. The van der Waals surface area contributed by atoms with Crippen molar-refractivity contribution in [3.8, 4) is 0 Å². The second kappa shape index (κ2) is 12.0. The highest BCUT2D eigenvalue weighted by Gasteiger charge is 1.97. The highest BCUT2D eigenvalue weighted by Crippen LogP contribution is 2.06. The van der Waals surface area contributed by atoms with Crippen molar-refractivity contribution in [3.05, 3.63) is 0 Å². The molecular weight excluding hydrogens is 236 g/mol. The molecule has 0 aromatic heterocycles. The Morgan fingerprint density at radius 3 is 1.78 bits per heavy atom. The van der Waals surface area contributed by atoms with Gasteiger partial charge in [0.05, 0.1) is 7.11 Å². The van der Waals surface area contributed by atoms with Gasteiger partial charge in [-0.15, -0.1) is 0 Å². The first-order valence-corrected chi connectivity index (χ1v) is 6.45. The van der Waals surface area contributed by atoms with Crippen molar-refractivity contribution < 1.29 is 19.4 Å². The summed E-state index contributed by atoms with van der Waals surface area (Å²) in [5, 5.41) is 13.3. The predicted molar refractivity (Wildman–Crippen MR) is 68.8 cm³/mol. The van der Waals surface area contributed by atoms with Gasteiger partial charge in [0.25, 0.3) is 0 Å². The molecule has 2 amide bonds. The van der Waals surface area contributed by atoms with E-state index in [2.05, 4.69) is 15.4 Å². The molecule has 0 aliphatic rings. The zero-order valence-electron chi connectivity index (χ0n) is 11.0. The van der Waals surface area contributed by atoms with Crippen LogP contribution in [0.25, 0.3) is 0 Å². The van der Waals surface area contributed by atoms with Crippen LogP contribution in [0.2, 0.25) is 0 Å². The van der Waals surface area contributed by atoms with Gasteiger partial charge >= 0.3 is 12.2 Å². The summed E-state index contributed by atoms with van der Waals surface area (Å²) in [7, 11) is 1.36. The van der Waals surface area contributed by atoms with Gasteiger partial charge in [0, 0.05) is 13.1 Å². The van der Waals surface area contributed by atoms with Crippen LogP contribution in [0.3, 0.4) is 0 Å². The minimum atomic E-state index is -0.951. The summed E-state index contributed by atoms with van der Waals surface area (Å²) in [6.07, 6.45) is 6.13. The number of alkyl carbamates (subject to hydrolysis) is 1. The summed E-state index contributed by atoms with van der Waals surface area (Å²) < 4.78 is 4.45. The molecule has 0 saturated carbocycles. The topological polar surface area (TPSA) is 87.7 Å². The van der Waals surface area contributed by atoms with Crippen LogP contribution in [-0.4, -0.2) is 37.5 Å². The summed E-state index contributed by atoms with van der Waals surface area (Å²) in [5.41, 5.74) is 0. The van der Waals surface area contributed by atoms with Crippen LogP contribution >= 0.6 is 0 Å². The number of hydrogen-bond donors (Lipinski definition) is 3. The number of amides is 2. The van der Waals surface area contributed by atoms with Crippen LogP contribution in [-0.2, 0) is 4.74 Å². The Bertz CT molecular complexity index is 234. The number of rotatable bonds is 10. The summed E-state index contributed by atoms with van der Waals surface area (Å²) in [4.78, 5) is 20.9. The van der Waals surface area contributed by atoms with E-state index in [0.29, 0.717) is 13.1 Å². The van der Waals surface area contributed by atoms with Crippen molar-refractivity contribution in [1.29, 1.82) is 0 Å². The minimum absolute atomic E-state index is 0.374. The summed E-state index contributed by atoms with van der Waals surface area (Å²) in [5.74, 6) is 0. The maximum atomic E-state index is 10.7. The first-order valence-electron chi connectivity index (χ1n) is 6.45. The highest BCUT2D eigenvalue weighted by molar-refractivity contribution is 5.66. The van der Waals surface area contributed by atoms with Gasteiger partial charge in [0.2, 0.25) is 0 Å². The largest absolute Gasteiger partial charge is 0.465 e. The predicted octanol–water partition coefficient (Wildman–Crippen LogP) is 2.34. The molecule has 0 saturated heterocycles. The Hall–Kier alpha value is -1.46. The van der Waals surface area contributed by atoms with E-state index >= 15 is 0 Å². The van der Waals surface area contributed by atoms with E-state index in [-0.39, 0.29) is 6.09 Å². The summed E-state index contributed by atoms with van der Waals surface area (Å²) in [6, 6.07) is 0. The van der Waals surface area contributed by atoms with Crippen LogP contribution in [0.15, 0.2) is 0 Å². The van der Waals surface area contributed by atoms with Crippen LogP contribution in [0.5, 0.6) is 0 Å². The molecule has 0 heterocycles. The molecule has 0 aliphatic carbocycles. The molecule has 0 rings (SSSR count). The third kappa shape index (κ3) is 12.6. The average Bonchev–Trinajstić information content (AvgIpc) is 2.35. The van der Waals surface area contributed by atoms with E-state index in [9.17, 15) is 9.59 Å². The molecule has 0 bridgehead atoms. The second-order valence-electron chi connectivity index (χ2n) is 4.13. The Balaban J connectivity index is 3.03. The van der Waals surface area contributed by atoms with Crippen molar-refractivity contribution in [2.24, 2.45) is 0 Å². The van der Waals surface area contributed by atoms with Crippen LogP contribution < -0.4 is 10.6 Å². The Labute approximate surface area is 108 Å². The van der Waals surface area contributed by atoms with E-state index < -0.39 is 6.09 Å². The van der Waals surface area contributed by atoms with Gasteiger partial charge < -0.3 is 20.5 Å². The van der Waals surface area contributed by atoms with Crippen molar-refractivity contribution in [2.75, 3.05) is 20.2 Å². The lowest BCUT2D eigenvalue weighted by atomic mass is 10.1. The summed E-state index contributed by atoms with van der Waals surface area (Å²) >= 11 is 0. The van der Waals surface area contributed by atoms with Gasteiger partial charge in [0.15, 0.2) is 0 Å². The maximum Gasteiger partial charge on any atom is 0.406 e. The first kappa shape index (κ1) is 16.5. The quantitative estimate of drug-likeness (QED) is 0.526. The third-order valence-electron chi connectivity index (χ3n) is 2.58. The van der Waals surface area contributed by atoms with Crippen molar-refractivity contribution in [1.82, 2.24) is 10.6 Å². The zero-order chi connectivity index (χ0) is 13.6. The monoisotopic (exact) mass is 260 g/mol. The Morgan fingerprint density at radius 1 is 0.889 bits per heavy atom. The van der Waals surface area contributed by atoms with Crippen LogP contribution in [0.1, 0.15) is 44.9 Å². The molecule has 6 heteroatoms. The number of hydrogen-bond acceptors (Lipinski definition) is 3. The number of carbonyl (C=O) groups excluding carboxylic acids is 1. The highest BCUT2D eigenvalue weighted by atomic mass is 16.5. The zero-order valence-corrected chi connectivity index (χ0v) is 11.0. The molecule has 0 unspecified atom stereocenters. The number of unbranched alkanes of at least 4 members (excludes halogenated alkanes) is 6. The molecule has 0 aromatic rings.